The number of benzene rings is 1. The molecule has 20 heavy (non-hydrogen) atoms. The molecule has 0 aliphatic carbocycles. The average Bonchev–Trinajstić information content (AvgIpc) is 2.88. The van der Waals surface area contributed by atoms with Gasteiger partial charge < -0.3 is 10.1 Å². The fourth-order valence-corrected chi connectivity index (χ4v) is 2.73. The predicted molar refractivity (Wildman–Crippen MR) is 81.9 cm³/mol. The lowest BCUT2D eigenvalue weighted by Gasteiger charge is -2.08. The van der Waals surface area contributed by atoms with Crippen LogP contribution in [0, 0.1) is 6.92 Å². The van der Waals surface area contributed by atoms with E-state index >= 15 is 0 Å². The lowest BCUT2D eigenvalue weighted by atomic mass is 10.2. The number of carbonyl (C=O) groups is 1. The molecular weight excluding hydrogens is 296 g/mol. The minimum atomic E-state index is -0.227. The second-order valence-electron chi connectivity index (χ2n) is 4.28. The maximum atomic E-state index is 11.1. The summed E-state index contributed by atoms with van der Waals surface area (Å²) in [4.78, 5) is 15.5. The van der Waals surface area contributed by atoms with Crippen molar-refractivity contribution in [1.29, 1.82) is 0 Å². The van der Waals surface area contributed by atoms with Gasteiger partial charge in [-0.2, -0.15) is 0 Å². The van der Waals surface area contributed by atoms with Gasteiger partial charge in [0.25, 0.3) is 0 Å². The second-order valence-corrected chi connectivity index (χ2v) is 5.54. The molecule has 1 aromatic heterocycles. The third kappa shape index (κ3) is 3.71. The fraction of sp³-hybridized carbons (Fsp3) is 0.286. The summed E-state index contributed by atoms with van der Waals surface area (Å²) < 4.78 is 4.61. The van der Waals surface area contributed by atoms with Crippen molar-refractivity contribution in [3.8, 4) is 0 Å². The number of esters is 1. The van der Waals surface area contributed by atoms with Crippen molar-refractivity contribution in [3.63, 3.8) is 0 Å². The monoisotopic (exact) mass is 310 g/mol. The van der Waals surface area contributed by atoms with Gasteiger partial charge in [0.2, 0.25) is 0 Å². The molecule has 2 rings (SSSR count). The number of aryl methyl sites for hydroxylation is 2. The van der Waals surface area contributed by atoms with Gasteiger partial charge in [-0.15, -0.1) is 11.3 Å². The normalized spacial score (nSPS) is 10.3. The van der Waals surface area contributed by atoms with Crippen molar-refractivity contribution < 1.29 is 9.53 Å². The van der Waals surface area contributed by atoms with Crippen molar-refractivity contribution in [3.05, 3.63) is 39.9 Å². The summed E-state index contributed by atoms with van der Waals surface area (Å²) >= 11 is 7.65. The molecule has 0 aliphatic rings. The van der Waals surface area contributed by atoms with E-state index < -0.39 is 0 Å². The summed E-state index contributed by atoms with van der Waals surface area (Å²) in [5, 5.41) is 6.58. The highest BCUT2D eigenvalue weighted by Crippen LogP contribution is 2.30. The van der Waals surface area contributed by atoms with Crippen LogP contribution < -0.4 is 5.32 Å². The molecule has 4 nitrogen and oxygen atoms in total. The van der Waals surface area contributed by atoms with E-state index in [4.69, 9.17) is 11.6 Å². The molecule has 0 aliphatic heterocycles. The first-order valence-electron chi connectivity index (χ1n) is 6.13. The van der Waals surface area contributed by atoms with Gasteiger partial charge in [0.1, 0.15) is 0 Å². The molecule has 0 atom stereocenters. The van der Waals surface area contributed by atoms with E-state index in [2.05, 4.69) is 15.0 Å². The van der Waals surface area contributed by atoms with E-state index in [1.165, 1.54) is 18.4 Å². The van der Waals surface area contributed by atoms with Crippen LogP contribution in [0.25, 0.3) is 0 Å². The summed E-state index contributed by atoms with van der Waals surface area (Å²) in [5.41, 5.74) is 2.79. The molecule has 0 fully saturated rings. The molecule has 6 heteroatoms. The van der Waals surface area contributed by atoms with E-state index in [1.54, 1.807) is 0 Å². The largest absolute Gasteiger partial charge is 0.469 e. The standard InChI is InChI=1S/C14H15ClN2O2S/c1-9-4-3-5-11(15)13(9)17-14-16-10(8-20-14)6-7-12(18)19-2/h3-5,8H,6-7H2,1-2H3,(H,16,17). The minimum absolute atomic E-state index is 0.227. The van der Waals surface area contributed by atoms with Gasteiger partial charge in [-0.25, -0.2) is 4.98 Å². The number of hydrogen-bond donors (Lipinski definition) is 1. The number of rotatable bonds is 5. The molecule has 0 saturated carbocycles. The first kappa shape index (κ1) is 14.8. The Morgan fingerprint density at radius 3 is 3.00 bits per heavy atom. The van der Waals surface area contributed by atoms with Gasteiger partial charge in [-0.1, -0.05) is 23.7 Å². The van der Waals surface area contributed by atoms with E-state index in [0.717, 1.165) is 22.1 Å². The Balaban J connectivity index is 2.04. The number of anilines is 2. The summed E-state index contributed by atoms with van der Waals surface area (Å²) in [6, 6.07) is 5.73. The number of nitrogens with zero attached hydrogens (tertiary/aromatic N) is 1. The minimum Gasteiger partial charge on any atom is -0.469 e. The molecule has 0 radical (unpaired) electrons. The van der Waals surface area contributed by atoms with Crippen molar-refractivity contribution in [2.24, 2.45) is 0 Å². The Labute approximate surface area is 126 Å². The summed E-state index contributed by atoms with van der Waals surface area (Å²) in [5.74, 6) is -0.227. The number of nitrogens with one attached hydrogen (secondary N) is 1. The fourth-order valence-electron chi connectivity index (χ4n) is 1.71. The summed E-state index contributed by atoms with van der Waals surface area (Å²) in [6.07, 6.45) is 0.914. The van der Waals surface area contributed by atoms with Crippen LogP contribution >= 0.6 is 22.9 Å². The third-order valence-electron chi connectivity index (χ3n) is 2.82. The van der Waals surface area contributed by atoms with E-state index in [0.29, 0.717) is 17.9 Å². The number of ether oxygens (including phenoxy) is 1. The zero-order chi connectivity index (χ0) is 14.5. The van der Waals surface area contributed by atoms with Gasteiger partial charge in [-0.3, -0.25) is 4.79 Å². The van der Waals surface area contributed by atoms with Crippen LogP contribution in [0.1, 0.15) is 17.7 Å². The zero-order valence-electron chi connectivity index (χ0n) is 11.3. The van der Waals surface area contributed by atoms with Gasteiger partial charge >= 0.3 is 5.97 Å². The van der Waals surface area contributed by atoms with Crippen molar-refractivity contribution in [1.82, 2.24) is 4.98 Å². The van der Waals surface area contributed by atoms with Crippen LogP contribution in [0.4, 0.5) is 10.8 Å². The van der Waals surface area contributed by atoms with Gasteiger partial charge in [0, 0.05) is 11.8 Å². The Kier molecular flexibility index (Phi) is 4.98. The lowest BCUT2D eigenvalue weighted by molar-refractivity contribution is -0.140. The number of carbonyl (C=O) groups excluding carboxylic acids is 1. The summed E-state index contributed by atoms with van der Waals surface area (Å²) in [7, 11) is 1.39. The molecular formula is C14H15ClN2O2S. The molecule has 1 aromatic carbocycles. The van der Waals surface area contributed by atoms with E-state index in [9.17, 15) is 4.79 Å². The molecule has 2 aromatic rings. The maximum Gasteiger partial charge on any atom is 0.305 e. The van der Waals surface area contributed by atoms with Crippen LogP contribution in [-0.2, 0) is 16.0 Å². The topological polar surface area (TPSA) is 51.2 Å². The van der Waals surface area contributed by atoms with Gasteiger partial charge in [-0.05, 0) is 18.6 Å². The quantitative estimate of drug-likeness (QED) is 0.849. The van der Waals surface area contributed by atoms with Crippen LogP contribution in [0.5, 0.6) is 0 Å². The molecule has 0 saturated heterocycles. The van der Waals surface area contributed by atoms with Crippen molar-refractivity contribution >= 4 is 39.7 Å². The molecule has 1 N–H and O–H groups in total. The van der Waals surface area contributed by atoms with Crippen molar-refractivity contribution in [2.45, 2.75) is 19.8 Å². The van der Waals surface area contributed by atoms with Gasteiger partial charge in [0.15, 0.2) is 5.13 Å². The first-order chi connectivity index (χ1) is 9.60. The van der Waals surface area contributed by atoms with Crippen LogP contribution in [0.2, 0.25) is 5.02 Å². The molecule has 0 bridgehead atoms. The molecule has 0 amide bonds. The molecule has 1 heterocycles. The van der Waals surface area contributed by atoms with E-state index in [-0.39, 0.29) is 5.97 Å². The Hall–Kier alpha value is -1.59. The van der Waals surface area contributed by atoms with Crippen LogP contribution in [0.3, 0.4) is 0 Å². The molecule has 106 valence electrons. The SMILES string of the molecule is COC(=O)CCc1csc(Nc2c(C)cccc2Cl)n1. The molecule has 0 spiro atoms. The highest BCUT2D eigenvalue weighted by Gasteiger charge is 2.08. The van der Waals surface area contributed by atoms with Crippen molar-refractivity contribution in [2.75, 3.05) is 12.4 Å². The number of methoxy groups -OCH3 is 1. The average molecular weight is 311 g/mol. The van der Waals surface area contributed by atoms with Crippen LogP contribution in [-0.4, -0.2) is 18.1 Å². The zero-order valence-corrected chi connectivity index (χ0v) is 12.8. The third-order valence-corrected chi connectivity index (χ3v) is 3.94. The maximum absolute atomic E-state index is 11.1. The number of thiazole rings is 1. The predicted octanol–water partition coefficient (Wildman–Crippen LogP) is 3.95. The highest BCUT2D eigenvalue weighted by molar-refractivity contribution is 7.13. The van der Waals surface area contributed by atoms with Gasteiger partial charge in [0.05, 0.1) is 29.9 Å². The lowest BCUT2D eigenvalue weighted by Crippen LogP contribution is -2.02. The highest BCUT2D eigenvalue weighted by atomic mass is 35.5. The number of hydrogen-bond acceptors (Lipinski definition) is 5. The van der Waals surface area contributed by atoms with E-state index in [1.807, 2.05) is 30.5 Å². The number of halogens is 1. The smallest absolute Gasteiger partial charge is 0.305 e. The Bertz CT molecular complexity index is 593. The second kappa shape index (κ2) is 6.72. The Morgan fingerprint density at radius 2 is 2.30 bits per heavy atom. The van der Waals surface area contributed by atoms with Crippen LogP contribution in [0.15, 0.2) is 23.6 Å². The Morgan fingerprint density at radius 1 is 1.50 bits per heavy atom. The summed E-state index contributed by atoms with van der Waals surface area (Å²) in [6.45, 7) is 1.99. The first-order valence-corrected chi connectivity index (χ1v) is 7.39. The molecule has 0 unspecified atom stereocenters. The number of aromatic nitrogens is 1. The number of para-hydroxylation sites is 1.